The van der Waals surface area contributed by atoms with Crippen LogP contribution in [0.25, 0.3) is 11.0 Å². The number of ketones is 1. The summed E-state index contributed by atoms with van der Waals surface area (Å²) >= 11 is 0. The molecule has 0 radical (unpaired) electrons. The van der Waals surface area contributed by atoms with Crippen LogP contribution in [0.2, 0.25) is 0 Å². The second kappa shape index (κ2) is 7.89. The first-order valence-electron chi connectivity index (χ1n) is 9.08. The van der Waals surface area contributed by atoms with Crippen molar-refractivity contribution in [2.75, 3.05) is 41.7 Å². The first kappa shape index (κ1) is 20.3. The Morgan fingerprint density at radius 2 is 1.54 bits per heavy atom. The van der Waals surface area contributed by atoms with E-state index in [9.17, 15) is 4.79 Å². The van der Waals surface area contributed by atoms with Gasteiger partial charge in [0.1, 0.15) is 0 Å². The standard InChI is InChI=1S/C20H21N5O.2ClH/c21-14-4-6-15(7-5-14)23-10-12-24(13-11-23)20-22-17-3-1-2-16-18(26)8-9-25(20)19(16)17;;/h1-7H,8-13,21H2;2*1H. The summed E-state index contributed by atoms with van der Waals surface area (Å²) in [6.45, 7) is 4.44. The lowest BCUT2D eigenvalue weighted by atomic mass is 10.0. The molecule has 148 valence electrons. The number of para-hydroxylation sites is 1. The zero-order chi connectivity index (χ0) is 17.7. The summed E-state index contributed by atoms with van der Waals surface area (Å²) in [7, 11) is 0. The molecule has 1 saturated heterocycles. The van der Waals surface area contributed by atoms with Crippen LogP contribution in [0.3, 0.4) is 0 Å². The lowest BCUT2D eigenvalue weighted by Crippen LogP contribution is -2.47. The van der Waals surface area contributed by atoms with Crippen molar-refractivity contribution in [1.82, 2.24) is 9.55 Å². The fourth-order valence-corrected chi connectivity index (χ4v) is 4.05. The van der Waals surface area contributed by atoms with Crippen LogP contribution in [0.15, 0.2) is 42.5 Å². The van der Waals surface area contributed by atoms with Gasteiger partial charge in [-0.3, -0.25) is 4.79 Å². The number of carbonyl (C=O) groups is 1. The maximum Gasteiger partial charge on any atom is 0.206 e. The van der Waals surface area contributed by atoms with Gasteiger partial charge in [-0.15, -0.1) is 24.8 Å². The van der Waals surface area contributed by atoms with Crippen LogP contribution in [0.4, 0.5) is 17.3 Å². The van der Waals surface area contributed by atoms with Crippen molar-refractivity contribution in [3.63, 3.8) is 0 Å². The molecule has 1 fully saturated rings. The van der Waals surface area contributed by atoms with E-state index in [4.69, 9.17) is 10.7 Å². The van der Waals surface area contributed by atoms with Crippen molar-refractivity contribution >= 4 is 59.0 Å². The normalized spacial score (nSPS) is 15.9. The predicted octanol–water partition coefficient (Wildman–Crippen LogP) is 3.38. The third-order valence-corrected chi connectivity index (χ3v) is 5.43. The van der Waals surface area contributed by atoms with Gasteiger partial charge in [-0.05, 0) is 36.4 Å². The fraction of sp³-hybridized carbons (Fsp3) is 0.300. The Bertz CT molecular complexity index is 994. The number of benzene rings is 2. The smallest absolute Gasteiger partial charge is 0.206 e. The van der Waals surface area contributed by atoms with E-state index in [2.05, 4.69) is 26.5 Å². The first-order valence-corrected chi connectivity index (χ1v) is 9.08. The molecule has 0 atom stereocenters. The third-order valence-electron chi connectivity index (χ3n) is 5.43. The SMILES string of the molecule is Cl.Cl.Nc1ccc(N2CCN(c3nc4cccc5c4n3CCC5=O)CC2)cc1. The molecule has 3 aromatic rings. The molecule has 1 aromatic heterocycles. The van der Waals surface area contributed by atoms with Gasteiger partial charge < -0.3 is 20.1 Å². The maximum absolute atomic E-state index is 12.2. The Morgan fingerprint density at radius 1 is 0.857 bits per heavy atom. The van der Waals surface area contributed by atoms with Crippen molar-refractivity contribution in [3.05, 3.63) is 48.0 Å². The molecule has 28 heavy (non-hydrogen) atoms. The molecule has 0 unspecified atom stereocenters. The molecular weight excluding hydrogens is 397 g/mol. The Kier molecular flexibility index (Phi) is 5.72. The van der Waals surface area contributed by atoms with E-state index in [-0.39, 0.29) is 30.6 Å². The molecule has 3 heterocycles. The molecule has 2 aliphatic heterocycles. The average Bonchev–Trinajstić information content (AvgIpc) is 3.05. The number of Topliss-reactive ketones (excluding diaryl/α,β-unsaturated/α-hetero) is 1. The molecule has 0 saturated carbocycles. The zero-order valence-electron chi connectivity index (χ0n) is 15.4. The average molecular weight is 420 g/mol. The Hall–Kier alpha value is -2.44. The lowest BCUT2D eigenvalue weighted by molar-refractivity contribution is 0.0973. The summed E-state index contributed by atoms with van der Waals surface area (Å²) in [5.41, 5.74) is 10.5. The van der Waals surface area contributed by atoms with Gasteiger partial charge >= 0.3 is 0 Å². The first-order chi connectivity index (χ1) is 12.7. The number of aryl methyl sites for hydroxylation is 1. The van der Waals surface area contributed by atoms with Gasteiger partial charge in [0.05, 0.1) is 11.0 Å². The number of anilines is 3. The van der Waals surface area contributed by atoms with Crippen molar-refractivity contribution in [2.45, 2.75) is 13.0 Å². The summed E-state index contributed by atoms with van der Waals surface area (Å²) in [4.78, 5) is 21.8. The van der Waals surface area contributed by atoms with Gasteiger partial charge in [-0.1, -0.05) is 6.07 Å². The van der Waals surface area contributed by atoms with Crippen LogP contribution in [0, 0.1) is 0 Å². The monoisotopic (exact) mass is 419 g/mol. The summed E-state index contributed by atoms with van der Waals surface area (Å²) in [5, 5.41) is 0. The van der Waals surface area contributed by atoms with Gasteiger partial charge in [0.25, 0.3) is 0 Å². The van der Waals surface area contributed by atoms with Crippen LogP contribution in [-0.4, -0.2) is 41.5 Å². The Balaban J connectivity index is 0.00000112. The van der Waals surface area contributed by atoms with Crippen molar-refractivity contribution in [3.8, 4) is 0 Å². The van der Waals surface area contributed by atoms with E-state index in [1.165, 1.54) is 5.69 Å². The van der Waals surface area contributed by atoms with E-state index < -0.39 is 0 Å². The number of nitrogens with two attached hydrogens (primary N) is 1. The molecule has 8 heteroatoms. The van der Waals surface area contributed by atoms with Crippen LogP contribution < -0.4 is 15.5 Å². The number of piperazine rings is 1. The van der Waals surface area contributed by atoms with E-state index in [1.807, 2.05) is 30.3 Å². The fourth-order valence-electron chi connectivity index (χ4n) is 4.05. The minimum Gasteiger partial charge on any atom is -0.399 e. The highest BCUT2D eigenvalue weighted by molar-refractivity contribution is 6.08. The van der Waals surface area contributed by atoms with Crippen molar-refractivity contribution in [1.29, 1.82) is 0 Å². The molecule has 0 spiro atoms. The zero-order valence-corrected chi connectivity index (χ0v) is 17.0. The largest absolute Gasteiger partial charge is 0.399 e. The Morgan fingerprint density at radius 3 is 2.25 bits per heavy atom. The van der Waals surface area contributed by atoms with Gasteiger partial charge in [0.2, 0.25) is 5.95 Å². The molecular formula is C20H23Cl2N5O. The van der Waals surface area contributed by atoms with Crippen LogP contribution in [0.1, 0.15) is 16.8 Å². The summed E-state index contributed by atoms with van der Waals surface area (Å²) < 4.78 is 2.23. The molecule has 0 bridgehead atoms. The van der Waals surface area contributed by atoms with Crippen LogP contribution in [-0.2, 0) is 6.54 Å². The molecule has 0 aliphatic carbocycles. The topological polar surface area (TPSA) is 67.4 Å². The lowest BCUT2D eigenvalue weighted by Gasteiger charge is -2.37. The second-order valence-electron chi connectivity index (χ2n) is 6.98. The van der Waals surface area contributed by atoms with E-state index in [1.54, 1.807) is 0 Å². The maximum atomic E-state index is 12.2. The van der Waals surface area contributed by atoms with Gasteiger partial charge in [0.15, 0.2) is 5.78 Å². The third kappa shape index (κ3) is 3.27. The van der Waals surface area contributed by atoms with E-state index >= 15 is 0 Å². The van der Waals surface area contributed by atoms with Gasteiger partial charge in [-0.2, -0.15) is 0 Å². The molecule has 6 nitrogen and oxygen atoms in total. The minimum absolute atomic E-state index is 0. The number of carbonyl (C=O) groups excluding carboxylic acids is 1. The molecule has 2 aromatic carbocycles. The molecule has 5 rings (SSSR count). The molecule has 0 amide bonds. The summed E-state index contributed by atoms with van der Waals surface area (Å²) in [6, 6.07) is 13.9. The number of rotatable bonds is 2. The number of nitrogens with zero attached hydrogens (tertiary/aromatic N) is 4. The number of hydrogen-bond acceptors (Lipinski definition) is 5. The van der Waals surface area contributed by atoms with Crippen LogP contribution >= 0.6 is 24.8 Å². The number of nitrogen functional groups attached to an aromatic ring is 1. The highest BCUT2D eigenvalue weighted by Crippen LogP contribution is 2.31. The second-order valence-corrected chi connectivity index (χ2v) is 6.98. The molecule has 2 aliphatic rings. The number of aromatic nitrogens is 2. The summed E-state index contributed by atoms with van der Waals surface area (Å²) in [6.07, 6.45) is 0.556. The van der Waals surface area contributed by atoms with Gasteiger partial charge in [-0.25, -0.2) is 4.98 Å². The van der Waals surface area contributed by atoms with E-state index in [0.29, 0.717) is 6.42 Å². The van der Waals surface area contributed by atoms with Gasteiger partial charge in [0, 0.05) is 56.1 Å². The molecule has 2 N–H and O–H groups in total. The van der Waals surface area contributed by atoms with Crippen LogP contribution in [0.5, 0.6) is 0 Å². The highest BCUT2D eigenvalue weighted by Gasteiger charge is 2.27. The van der Waals surface area contributed by atoms with E-state index in [0.717, 1.165) is 61.0 Å². The minimum atomic E-state index is 0. The quantitative estimate of drug-likeness (QED) is 0.644. The van der Waals surface area contributed by atoms with Crippen molar-refractivity contribution < 1.29 is 4.79 Å². The Labute approximate surface area is 176 Å². The number of hydrogen-bond donors (Lipinski definition) is 1. The predicted molar refractivity (Wildman–Crippen MR) is 118 cm³/mol. The summed E-state index contributed by atoms with van der Waals surface area (Å²) in [5.74, 6) is 1.22. The number of imidazole rings is 1. The highest BCUT2D eigenvalue weighted by atomic mass is 35.5. The number of halogens is 2. The van der Waals surface area contributed by atoms with Crippen molar-refractivity contribution in [2.24, 2.45) is 0 Å².